The molecule has 13 heavy (non-hydrogen) atoms. The van der Waals surface area contributed by atoms with Gasteiger partial charge >= 0.3 is 0 Å². The van der Waals surface area contributed by atoms with E-state index in [0.717, 1.165) is 5.69 Å². The molecule has 0 amide bonds. The number of nitrogens with zero attached hydrogens (tertiary/aromatic N) is 1. The third-order valence-electron chi connectivity index (χ3n) is 1.87. The Labute approximate surface area is 78.1 Å². The lowest BCUT2D eigenvalue weighted by Crippen LogP contribution is -2.11. The minimum absolute atomic E-state index is 0.138. The number of hydrogen-bond acceptors (Lipinski definition) is 3. The maximum atomic E-state index is 9.48. The number of aromatic nitrogens is 1. The summed E-state index contributed by atoms with van der Waals surface area (Å²) in [5, 5.41) is 18.0. The molecule has 0 aliphatic carbocycles. The Kier molecular flexibility index (Phi) is 4.43. The monoisotopic (exact) mass is 181 g/mol. The Hall–Kier alpha value is -0.930. The summed E-state index contributed by atoms with van der Waals surface area (Å²) >= 11 is 0. The van der Waals surface area contributed by atoms with Crippen LogP contribution in [0.1, 0.15) is 18.5 Å². The van der Waals surface area contributed by atoms with Gasteiger partial charge in [0.2, 0.25) is 0 Å². The number of pyridine rings is 1. The second kappa shape index (κ2) is 5.67. The summed E-state index contributed by atoms with van der Waals surface area (Å²) in [6.07, 6.45) is 3.18. The Morgan fingerprint density at radius 2 is 2.23 bits per heavy atom. The van der Waals surface area contributed by atoms with Gasteiger partial charge in [0.15, 0.2) is 0 Å². The molecule has 3 heteroatoms. The van der Waals surface area contributed by atoms with Gasteiger partial charge in [0.1, 0.15) is 0 Å². The van der Waals surface area contributed by atoms with Crippen molar-refractivity contribution in [3.8, 4) is 0 Å². The highest BCUT2D eigenvalue weighted by Gasteiger charge is 2.04. The fourth-order valence-electron chi connectivity index (χ4n) is 1.19. The van der Waals surface area contributed by atoms with Crippen LogP contribution in [0.2, 0.25) is 0 Å². The highest BCUT2D eigenvalue weighted by Crippen LogP contribution is 2.04. The first-order valence-corrected chi connectivity index (χ1v) is 4.51. The molecular weight excluding hydrogens is 166 g/mol. The summed E-state index contributed by atoms with van der Waals surface area (Å²) in [5.41, 5.74) is 0.896. The van der Waals surface area contributed by atoms with Crippen molar-refractivity contribution in [1.82, 2.24) is 4.98 Å². The largest absolute Gasteiger partial charge is 0.396 e. The molecule has 1 unspecified atom stereocenters. The molecule has 1 aromatic rings. The van der Waals surface area contributed by atoms with Crippen LogP contribution in [0.5, 0.6) is 0 Å². The van der Waals surface area contributed by atoms with Crippen molar-refractivity contribution in [2.45, 2.75) is 25.4 Å². The number of aliphatic hydroxyl groups is 2. The molecule has 0 radical (unpaired) electrons. The minimum Gasteiger partial charge on any atom is -0.396 e. The van der Waals surface area contributed by atoms with Crippen LogP contribution >= 0.6 is 0 Å². The van der Waals surface area contributed by atoms with E-state index in [1.807, 2.05) is 18.2 Å². The van der Waals surface area contributed by atoms with Crippen LogP contribution < -0.4 is 0 Å². The zero-order chi connectivity index (χ0) is 9.52. The molecule has 0 aliphatic heterocycles. The van der Waals surface area contributed by atoms with Crippen LogP contribution in [-0.4, -0.2) is 27.9 Å². The summed E-state index contributed by atoms with van der Waals surface area (Å²) in [5.74, 6) is 0. The molecule has 0 saturated carbocycles. The van der Waals surface area contributed by atoms with Crippen molar-refractivity contribution in [2.24, 2.45) is 0 Å². The maximum Gasteiger partial charge on any atom is 0.0596 e. The van der Waals surface area contributed by atoms with E-state index in [9.17, 15) is 5.11 Å². The van der Waals surface area contributed by atoms with Gasteiger partial charge in [-0.25, -0.2) is 0 Å². The van der Waals surface area contributed by atoms with Crippen LogP contribution in [0, 0.1) is 0 Å². The quantitative estimate of drug-likeness (QED) is 0.705. The van der Waals surface area contributed by atoms with Crippen molar-refractivity contribution in [2.75, 3.05) is 6.61 Å². The van der Waals surface area contributed by atoms with E-state index >= 15 is 0 Å². The first kappa shape index (κ1) is 10.2. The molecule has 0 fully saturated rings. The predicted octanol–water partition coefficient (Wildman–Crippen LogP) is 0.757. The fraction of sp³-hybridized carbons (Fsp3) is 0.500. The fourth-order valence-corrected chi connectivity index (χ4v) is 1.19. The van der Waals surface area contributed by atoms with E-state index in [4.69, 9.17) is 5.11 Å². The SMILES string of the molecule is OCCCC(O)Cc1ccccn1. The molecule has 1 heterocycles. The standard InChI is InChI=1S/C10H15NO2/c12-7-3-5-10(13)8-9-4-1-2-6-11-9/h1-2,4,6,10,12-13H,3,5,7-8H2. The van der Waals surface area contributed by atoms with Crippen LogP contribution in [0.25, 0.3) is 0 Å². The second-order valence-electron chi connectivity index (χ2n) is 3.04. The van der Waals surface area contributed by atoms with Gasteiger partial charge in [-0.2, -0.15) is 0 Å². The molecule has 3 nitrogen and oxygen atoms in total. The van der Waals surface area contributed by atoms with Crippen molar-refractivity contribution < 1.29 is 10.2 Å². The van der Waals surface area contributed by atoms with Crippen molar-refractivity contribution in [3.05, 3.63) is 30.1 Å². The van der Waals surface area contributed by atoms with Gasteiger partial charge in [0.05, 0.1) is 6.10 Å². The molecule has 0 spiro atoms. The van der Waals surface area contributed by atoms with Gasteiger partial charge in [-0.1, -0.05) is 6.07 Å². The summed E-state index contributed by atoms with van der Waals surface area (Å²) in [4.78, 5) is 4.10. The molecule has 0 saturated heterocycles. The van der Waals surface area contributed by atoms with Gasteiger partial charge in [0, 0.05) is 24.9 Å². The summed E-state index contributed by atoms with van der Waals surface area (Å²) in [6, 6.07) is 5.65. The zero-order valence-corrected chi connectivity index (χ0v) is 7.56. The molecule has 1 atom stereocenters. The Bertz CT molecular complexity index is 226. The molecule has 0 aromatic carbocycles. The Morgan fingerprint density at radius 1 is 1.38 bits per heavy atom. The predicted molar refractivity (Wildman–Crippen MR) is 50.3 cm³/mol. The number of aliphatic hydroxyl groups excluding tert-OH is 2. The molecular formula is C10H15NO2. The second-order valence-corrected chi connectivity index (χ2v) is 3.04. The number of hydrogen-bond donors (Lipinski definition) is 2. The summed E-state index contributed by atoms with van der Waals surface area (Å²) in [7, 11) is 0. The van der Waals surface area contributed by atoms with E-state index in [0.29, 0.717) is 19.3 Å². The lowest BCUT2D eigenvalue weighted by Gasteiger charge is -2.08. The van der Waals surface area contributed by atoms with Gasteiger partial charge in [-0.05, 0) is 25.0 Å². The van der Waals surface area contributed by atoms with Gasteiger partial charge in [0.25, 0.3) is 0 Å². The molecule has 1 aromatic heterocycles. The zero-order valence-electron chi connectivity index (χ0n) is 7.56. The lowest BCUT2D eigenvalue weighted by molar-refractivity contribution is 0.149. The average molecular weight is 181 g/mol. The smallest absolute Gasteiger partial charge is 0.0596 e. The van der Waals surface area contributed by atoms with Crippen LogP contribution in [0.15, 0.2) is 24.4 Å². The first-order chi connectivity index (χ1) is 6.33. The third-order valence-corrected chi connectivity index (χ3v) is 1.87. The van der Waals surface area contributed by atoms with Gasteiger partial charge in [-0.15, -0.1) is 0 Å². The summed E-state index contributed by atoms with van der Waals surface area (Å²) < 4.78 is 0. The van der Waals surface area contributed by atoms with E-state index in [1.54, 1.807) is 6.20 Å². The molecule has 0 aliphatic rings. The molecule has 1 rings (SSSR count). The Morgan fingerprint density at radius 3 is 2.85 bits per heavy atom. The highest BCUT2D eigenvalue weighted by atomic mass is 16.3. The van der Waals surface area contributed by atoms with Crippen molar-refractivity contribution in [3.63, 3.8) is 0 Å². The third kappa shape index (κ3) is 4.01. The highest BCUT2D eigenvalue weighted by molar-refractivity contribution is 5.04. The van der Waals surface area contributed by atoms with Crippen molar-refractivity contribution >= 4 is 0 Å². The molecule has 0 bridgehead atoms. The Balaban J connectivity index is 2.32. The minimum atomic E-state index is -0.387. The maximum absolute atomic E-state index is 9.48. The van der Waals surface area contributed by atoms with E-state index in [1.165, 1.54) is 0 Å². The lowest BCUT2D eigenvalue weighted by atomic mass is 10.1. The van der Waals surface area contributed by atoms with Gasteiger partial charge in [-0.3, -0.25) is 4.98 Å². The van der Waals surface area contributed by atoms with E-state index in [-0.39, 0.29) is 12.7 Å². The van der Waals surface area contributed by atoms with Crippen molar-refractivity contribution in [1.29, 1.82) is 0 Å². The first-order valence-electron chi connectivity index (χ1n) is 4.51. The van der Waals surface area contributed by atoms with Crippen LogP contribution in [0.4, 0.5) is 0 Å². The topological polar surface area (TPSA) is 53.4 Å². The normalized spacial score (nSPS) is 12.8. The molecule has 2 N–H and O–H groups in total. The van der Waals surface area contributed by atoms with Crippen LogP contribution in [0.3, 0.4) is 0 Å². The molecule has 72 valence electrons. The summed E-state index contributed by atoms with van der Waals surface area (Å²) in [6.45, 7) is 0.138. The number of rotatable bonds is 5. The van der Waals surface area contributed by atoms with Gasteiger partial charge < -0.3 is 10.2 Å². The average Bonchev–Trinajstić information content (AvgIpc) is 2.16. The van der Waals surface area contributed by atoms with E-state index in [2.05, 4.69) is 4.98 Å². The van der Waals surface area contributed by atoms with Crippen LogP contribution in [-0.2, 0) is 6.42 Å². The van der Waals surface area contributed by atoms with E-state index < -0.39 is 0 Å².